The minimum Gasteiger partial charge on any atom is -0.493 e. The molecule has 1 atom stereocenters. The molecule has 3 rings (SSSR count). The zero-order valence-electron chi connectivity index (χ0n) is 13.4. The van der Waals surface area contributed by atoms with Crippen LogP contribution in [-0.2, 0) is 6.42 Å². The first kappa shape index (κ1) is 16.5. The molecule has 1 aliphatic rings. The molecule has 126 valence electrons. The monoisotopic (exact) mass is 328 g/mol. The molecule has 0 aromatic heterocycles. The van der Waals surface area contributed by atoms with Crippen LogP contribution in [0.15, 0.2) is 42.5 Å². The van der Waals surface area contributed by atoms with Gasteiger partial charge in [0.1, 0.15) is 11.6 Å². The van der Waals surface area contributed by atoms with E-state index in [1.54, 1.807) is 12.1 Å². The molecule has 1 aliphatic heterocycles. The average molecular weight is 328 g/mol. The van der Waals surface area contributed by atoms with Crippen molar-refractivity contribution in [2.45, 2.75) is 25.3 Å². The Labute approximate surface area is 140 Å². The average Bonchev–Trinajstić information content (AvgIpc) is 2.77. The number of carbonyl (C=O) groups is 1. The number of ether oxygens (including phenoxy) is 1. The molecule has 1 amide bonds. The lowest BCUT2D eigenvalue weighted by molar-refractivity contribution is 0.1000. The minimum absolute atomic E-state index is 0.141. The number of amides is 1. The Kier molecular flexibility index (Phi) is 5.11. The van der Waals surface area contributed by atoms with E-state index in [4.69, 9.17) is 10.5 Å². The molecular weight excluding hydrogens is 307 g/mol. The lowest BCUT2D eigenvalue weighted by Crippen LogP contribution is -2.23. The molecule has 0 unspecified atom stereocenters. The Morgan fingerprint density at radius 3 is 3.00 bits per heavy atom. The van der Waals surface area contributed by atoms with E-state index in [-0.39, 0.29) is 11.9 Å². The third-order valence-electron chi connectivity index (χ3n) is 4.26. The van der Waals surface area contributed by atoms with Gasteiger partial charge in [-0.05, 0) is 49.6 Å². The van der Waals surface area contributed by atoms with E-state index in [0.717, 1.165) is 36.9 Å². The Balaban J connectivity index is 1.65. The number of benzene rings is 2. The van der Waals surface area contributed by atoms with Gasteiger partial charge in [0.2, 0.25) is 5.91 Å². The summed E-state index contributed by atoms with van der Waals surface area (Å²) < 4.78 is 19.0. The fourth-order valence-electron chi connectivity index (χ4n) is 3.03. The second-order valence-corrected chi connectivity index (χ2v) is 5.99. The lowest BCUT2D eigenvalue weighted by atomic mass is 10.0. The molecule has 0 saturated heterocycles. The maximum atomic E-state index is 13.4. The van der Waals surface area contributed by atoms with E-state index >= 15 is 0 Å². The lowest BCUT2D eigenvalue weighted by Gasteiger charge is -2.18. The number of nitrogens with two attached hydrogens (primary N) is 1. The van der Waals surface area contributed by atoms with Crippen molar-refractivity contribution in [2.75, 3.05) is 13.2 Å². The highest BCUT2D eigenvalue weighted by atomic mass is 19.1. The molecule has 0 aliphatic carbocycles. The molecule has 0 bridgehead atoms. The Bertz CT molecular complexity index is 733. The van der Waals surface area contributed by atoms with Crippen molar-refractivity contribution in [3.8, 4) is 5.75 Å². The molecule has 0 fully saturated rings. The first-order valence-electron chi connectivity index (χ1n) is 8.18. The van der Waals surface area contributed by atoms with Crippen molar-refractivity contribution in [3.05, 3.63) is 65.0 Å². The van der Waals surface area contributed by atoms with E-state index in [1.807, 2.05) is 18.2 Å². The zero-order valence-corrected chi connectivity index (χ0v) is 13.4. The number of hydrogen-bond donors (Lipinski definition) is 2. The summed E-state index contributed by atoms with van der Waals surface area (Å²) >= 11 is 0. The van der Waals surface area contributed by atoms with Gasteiger partial charge in [0.25, 0.3) is 0 Å². The number of hydrogen-bond acceptors (Lipinski definition) is 3. The number of nitrogens with one attached hydrogen (secondary N) is 1. The van der Waals surface area contributed by atoms with Crippen molar-refractivity contribution in [3.63, 3.8) is 0 Å². The van der Waals surface area contributed by atoms with E-state index in [1.165, 1.54) is 12.1 Å². The topological polar surface area (TPSA) is 64.4 Å². The highest BCUT2D eigenvalue weighted by Crippen LogP contribution is 2.31. The summed E-state index contributed by atoms with van der Waals surface area (Å²) in [6, 6.07) is 12.2. The normalized spacial score (nSPS) is 16.8. The van der Waals surface area contributed by atoms with Crippen LogP contribution in [-0.4, -0.2) is 19.1 Å². The highest BCUT2D eigenvalue weighted by Gasteiger charge is 2.19. The van der Waals surface area contributed by atoms with E-state index in [0.29, 0.717) is 17.9 Å². The van der Waals surface area contributed by atoms with E-state index in [2.05, 4.69) is 5.32 Å². The van der Waals surface area contributed by atoms with Gasteiger partial charge in [0.15, 0.2) is 0 Å². The fourth-order valence-corrected chi connectivity index (χ4v) is 3.03. The number of rotatable bonds is 5. The maximum absolute atomic E-state index is 13.4. The zero-order chi connectivity index (χ0) is 16.9. The Hall–Kier alpha value is -2.40. The quantitative estimate of drug-likeness (QED) is 0.887. The molecule has 4 nitrogen and oxygen atoms in total. The molecule has 0 saturated carbocycles. The third-order valence-corrected chi connectivity index (χ3v) is 4.26. The first-order chi connectivity index (χ1) is 11.6. The highest BCUT2D eigenvalue weighted by molar-refractivity contribution is 5.92. The standard InChI is InChI=1S/C19H21FN2O2/c20-15-6-7-16-17(5-2-10-24-18(16)12-15)22-9-8-13-3-1-4-14(11-13)19(21)23/h1,3-4,6-7,11-12,17,22H,2,5,8-10H2,(H2,21,23)/t17-/m1/s1. The van der Waals surface area contributed by atoms with Gasteiger partial charge in [0.05, 0.1) is 6.61 Å². The Morgan fingerprint density at radius 1 is 1.29 bits per heavy atom. The molecule has 0 spiro atoms. The predicted molar refractivity (Wildman–Crippen MR) is 90.5 cm³/mol. The summed E-state index contributed by atoms with van der Waals surface area (Å²) in [6.45, 7) is 1.36. The van der Waals surface area contributed by atoms with Gasteiger partial charge in [0, 0.05) is 23.2 Å². The maximum Gasteiger partial charge on any atom is 0.248 e. The van der Waals surface area contributed by atoms with Gasteiger partial charge >= 0.3 is 0 Å². The molecule has 0 radical (unpaired) electrons. The number of halogens is 1. The number of primary amides is 1. The fraction of sp³-hybridized carbons (Fsp3) is 0.316. The Morgan fingerprint density at radius 2 is 2.17 bits per heavy atom. The van der Waals surface area contributed by atoms with Crippen LogP contribution in [0.5, 0.6) is 5.75 Å². The summed E-state index contributed by atoms with van der Waals surface area (Å²) in [5.74, 6) is -0.0694. The second-order valence-electron chi connectivity index (χ2n) is 5.99. The minimum atomic E-state index is -0.415. The van der Waals surface area contributed by atoms with Gasteiger partial charge < -0.3 is 15.8 Å². The summed E-state index contributed by atoms with van der Waals surface area (Å²) in [5.41, 5.74) is 7.89. The number of fused-ring (bicyclic) bond motifs is 1. The smallest absolute Gasteiger partial charge is 0.248 e. The van der Waals surface area contributed by atoms with Gasteiger partial charge in [-0.2, -0.15) is 0 Å². The van der Waals surface area contributed by atoms with Gasteiger partial charge in [-0.3, -0.25) is 4.79 Å². The summed E-state index contributed by atoms with van der Waals surface area (Å²) in [5, 5.41) is 3.52. The predicted octanol–water partition coefficient (Wildman–Crippen LogP) is 2.97. The van der Waals surface area contributed by atoms with E-state index in [9.17, 15) is 9.18 Å². The van der Waals surface area contributed by atoms with Crippen LogP contribution in [0.3, 0.4) is 0 Å². The molecule has 2 aromatic rings. The van der Waals surface area contributed by atoms with Gasteiger partial charge in [-0.25, -0.2) is 4.39 Å². The SMILES string of the molecule is NC(=O)c1cccc(CCN[C@@H]2CCCOc3cc(F)ccc32)c1. The second kappa shape index (κ2) is 7.45. The molecule has 2 aromatic carbocycles. The van der Waals surface area contributed by atoms with Crippen LogP contribution in [0, 0.1) is 5.82 Å². The van der Waals surface area contributed by atoms with Crippen molar-refractivity contribution in [1.29, 1.82) is 0 Å². The van der Waals surface area contributed by atoms with Crippen LogP contribution in [0.4, 0.5) is 4.39 Å². The van der Waals surface area contributed by atoms with Crippen molar-refractivity contribution < 1.29 is 13.9 Å². The van der Waals surface area contributed by atoms with Crippen LogP contribution < -0.4 is 15.8 Å². The molecule has 5 heteroatoms. The molecular formula is C19H21FN2O2. The number of carbonyl (C=O) groups excluding carboxylic acids is 1. The van der Waals surface area contributed by atoms with Crippen LogP contribution in [0.1, 0.15) is 40.4 Å². The van der Waals surface area contributed by atoms with Crippen molar-refractivity contribution in [2.24, 2.45) is 5.73 Å². The van der Waals surface area contributed by atoms with Gasteiger partial charge in [-0.15, -0.1) is 0 Å². The van der Waals surface area contributed by atoms with Crippen LogP contribution >= 0.6 is 0 Å². The van der Waals surface area contributed by atoms with Crippen molar-refractivity contribution >= 4 is 5.91 Å². The molecule has 24 heavy (non-hydrogen) atoms. The third kappa shape index (κ3) is 3.92. The van der Waals surface area contributed by atoms with Gasteiger partial charge in [-0.1, -0.05) is 18.2 Å². The molecule has 3 N–H and O–H groups in total. The summed E-state index contributed by atoms with van der Waals surface area (Å²) in [7, 11) is 0. The molecule has 1 heterocycles. The van der Waals surface area contributed by atoms with E-state index < -0.39 is 5.91 Å². The first-order valence-corrected chi connectivity index (χ1v) is 8.18. The van der Waals surface area contributed by atoms with Crippen LogP contribution in [0.25, 0.3) is 0 Å². The summed E-state index contributed by atoms with van der Waals surface area (Å²) in [6.07, 6.45) is 2.65. The summed E-state index contributed by atoms with van der Waals surface area (Å²) in [4.78, 5) is 11.2. The van der Waals surface area contributed by atoms with Crippen LogP contribution in [0.2, 0.25) is 0 Å². The largest absolute Gasteiger partial charge is 0.493 e. The van der Waals surface area contributed by atoms with Crippen molar-refractivity contribution in [1.82, 2.24) is 5.32 Å².